The van der Waals surface area contributed by atoms with E-state index in [0.717, 1.165) is 17.7 Å². The Balaban J connectivity index is 1.52. The number of hydrogen-bond acceptors (Lipinski definition) is 5. The summed E-state index contributed by atoms with van der Waals surface area (Å²) in [6.07, 6.45) is -2.84. The van der Waals surface area contributed by atoms with E-state index in [2.05, 4.69) is 25.9 Å². The van der Waals surface area contributed by atoms with Crippen molar-refractivity contribution in [2.75, 3.05) is 13.2 Å². The predicted octanol–water partition coefficient (Wildman–Crippen LogP) is 6.71. The predicted molar refractivity (Wildman–Crippen MR) is 133 cm³/mol. The van der Waals surface area contributed by atoms with E-state index in [1.165, 1.54) is 35.9 Å². The second-order valence-corrected chi connectivity index (χ2v) is 9.23. The Labute approximate surface area is 213 Å². The Morgan fingerprint density at radius 2 is 1.54 bits per heavy atom. The van der Waals surface area contributed by atoms with Crippen LogP contribution in [0.3, 0.4) is 0 Å². The van der Waals surface area contributed by atoms with Crippen molar-refractivity contribution in [3.8, 4) is 11.5 Å². The first-order valence-electron chi connectivity index (χ1n) is 11.5. The summed E-state index contributed by atoms with van der Waals surface area (Å²) in [6, 6.07) is 16.7. The van der Waals surface area contributed by atoms with Gasteiger partial charge in [-0.25, -0.2) is 4.79 Å². The lowest BCUT2D eigenvalue weighted by molar-refractivity contribution is -0.137. The van der Waals surface area contributed by atoms with Crippen molar-refractivity contribution in [3.63, 3.8) is 0 Å². The van der Waals surface area contributed by atoms with Crippen molar-refractivity contribution >= 4 is 12.2 Å². The van der Waals surface area contributed by atoms with E-state index < -0.39 is 17.7 Å². The fourth-order valence-corrected chi connectivity index (χ4v) is 3.26. The number of alkyl halides is 3. The number of hydrogen-bond donors (Lipinski definition) is 1. The first-order chi connectivity index (χ1) is 17.4. The molecule has 0 amide bonds. The molecule has 0 saturated carbocycles. The standard InChI is InChI=1S/C28H28F3NO5/c1-27(2,3)21-8-4-19(5-9-21)17-32-37-15-14-35-23-12-13-24(26(33)34)25(16-23)36-18-20-6-10-22(11-7-20)28(29,30)31/h4-13,16-17H,14-15,18H2,1-3H3,(H,33,34)/b32-17+. The summed E-state index contributed by atoms with van der Waals surface area (Å²) < 4.78 is 49.4. The highest BCUT2D eigenvalue weighted by atomic mass is 19.4. The van der Waals surface area contributed by atoms with Gasteiger partial charge in [-0.05, 0) is 46.4 Å². The summed E-state index contributed by atoms with van der Waals surface area (Å²) in [6.45, 7) is 6.61. The number of oxime groups is 1. The van der Waals surface area contributed by atoms with Crippen LogP contribution in [0.5, 0.6) is 11.5 Å². The fraction of sp³-hybridized carbons (Fsp3) is 0.286. The van der Waals surface area contributed by atoms with Crippen molar-refractivity contribution in [1.29, 1.82) is 0 Å². The summed E-state index contributed by atoms with van der Waals surface area (Å²) in [4.78, 5) is 16.8. The third-order valence-electron chi connectivity index (χ3n) is 5.36. The number of carbonyl (C=O) groups is 1. The quantitative estimate of drug-likeness (QED) is 0.185. The van der Waals surface area contributed by atoms with Gasteiger partial charge in [-0.3, -0.25) is 0 Å². The highest BCUT2D eigenvalue weighted by Gasteiger charge is 2.30. The molecule has 37 heavy (non-hydrogen) atoms. The van der Waals surface area contributed by atoms with Gasteiger partial charge in [-0.15, -0.1) is 0 Å². The molecule has 0 aliphatic carbocycles. The van der Waals surface area contributed by atoms with Gasteiger partial charge in [0.1, 0.15) is 30.3 Å². The molecule has 3 aromatic rings. The number of ether oxygens (including phenoxy) is 2. The van der Waals surface area contributed by atoms with Crippen molar-refractivity contribution in [2.45, 2.75) is 39.0 Å². The third kappa shape index (κ3) is 8.27. The molecule has 3 aromatic carbocycles. The van der Waals surface area contributed by atoms with Crippen LogP contribution >= 0.6 is 0 Å². The van der Waals surface area contributed by atoms with E-state index in [-0.39, 0.29) is 36.5 Å². The maximum absolute atomic E-state index is 12.7. The van der Waals surface area contributed by atoms with Crippen LogP contribution < -0.4 is 9.47 Å². The number of carboxylic acids is 1. The second kappa shape index (κ2) is 11.8. The lowest BCUT2D eigenvalue weighted by atomic mass is 9.87. The molecule has 196 valence electrons. The van der Waals surface area contributed by atoms with Crippen molar-refractivity contribution in [3.05, 3.63) is 94.5 Å². The van der Waals surface area contributed by atoms with Gasteiger partial charge < -0.3 is 19.4 Å². The van der Waals surface area contributed by atoms with Crippen LogP contribution in [0, 0.1) is 0 Å². The Bertz CT molecular complexity index is 1210. The smallest absolute Gasteiger partial charge is 0.416 e. The molecule has 1 N–H and O–H groups in total. The minimum absolute atomic E-state index is 0.0301. The normalized spacial score (nSPS) is 11.9. The van der Waals surface area contributed by atoms with E-state index >= 15 is 0 Å². The summed E-state index contributed by atoms with van der Waals surface area (Å²) in [5.41, 5.74) is 1.76. The van der Waals surface area contributed by atoms with Crippen LogP contribution in [-0.2, 0) is 23.0 Å². The minimum Gasteiger partial charge on any atom is -0.490 e. The topological polar surface area (TPSA) is 77.4 Å². The van der Waals surface area contributed by atoms with Crippen molar-refractivity contribution in [2.24, 2.45) is 5.16 Å². The Morgan fingerprint density at radius 1 is 0.892 bits per heavy atom. The average Bonchev–Trinajstić information content (AvgIpc) is 2.84. The fourth-order valence-electron chi connectivity index (χ4n) is 3.26. The number of rotatable bonds is 10. The van der Waals surface area contributed by atoms with Gasteiger partial charge in [-0.2, -0.15) is 13.2 Å². The lowest BCUT2D eigenvalue weighted by Gasteiger charge is -2.18. The Morgan fingerprint density at radius 3 is 2.14 bits per heavy atom. The first kappa shape index (κ1) is 27.6. The summed E-state index contributed by atoms with van der Waals surface area (Å²) in [5, 5.41) is 13.3. The van der Waals surface area contributed by atoms with Gasteiger partial charge in [0, 0.05) is 6.07 Å². The van der Waals surface area contributed by atoms with E-state index in [0.29, 0.717) is 11.3 Å². The third-order valence-corrected chi connectivity index (χ3v) is 5.36. The molecule has 0 aromatic heterocycles. The van der Waals surface area contributed by atoms with Gasteiger partial charge in [0.25, 0.3) is 0 Å². The zero-order valence-corrected chi connectivity index (χ0v) is 20.7. The molecule has 0 radical (unpaired) electrons. The largest absolute Gasteiger partial charge is 0.490 e. The molecule has 9 heteroatoms. The van der Waals surface area contributed by atoms with Gasteiger partial charge in [0.15, 0.2) is 6.61 Å². The van der Waals surface area contributed by atoms with Gasteiger partial charge >= 0.3 is 12.1 Å². The molecule has 0 spiro atoms. The zero-order valence-electron chi connectivity index (χ0n) is 20.7. The molecule has 3 rings (SSSR count). The molecule has 6 nitrogen and oxygen atoms in total. The SMILES string of the molecule is CC(C)(C)c1ccc(/C=N/OCCOc2ccc(C(=O)O)c(OCc3ccc(C(F)(F)F)cc3)c2)cc1. The van der Waals surface area contributed by atoms with Crippen LogP contribution in [0.4, 0.5) is 13.2 Å². The zero-order chi connectivity index (χ0) is 27.1. The number of nitrogens with zero attached hydrogens (tertiary/aromatic N) is 1. The molecule has 0 unspecified atom stereocenters. The highest BCUT2D eigenvalue weighted by Crippen LogP contribution is 2.30. The summed E-state index contributed by atoms with van der Waals surface area (Å²) in [7, 11) is 0. The molecule has 0 fully saturated rings. The van der Waals surface area contributed by atoms with Gasteiger partial charge in [0.05, 0.1) is 11.8 Å². The molecular weight excluding hydrogens is 487 g/mol. The lowest BCUT2D eigenvalue weighted by Crippen LogP contribution is -2.10. The molecule has 0 atom stereocenters. The average molecular weight is 516 g/mol. The van der Waals surface area contributed by atoms with Crippen LogP contribution in [0.25, 0.3) is 0 Å². The number of aromatic carboxylic acids is 1. The van der Waals surface area contributed by atoms with E-state index in [9.17, 15) is 23.1 Å². The number of benzene rings is 3. The maximum atomic E-state index is 12.7. The number of carboxylic acid groups (broad SMARTS) is 1. The highest BCUT2D eigenvalue weighted by molar-refractivity contribution is 5.91. The molecule has 0 aliphatic heterocycles. The molecular formula is C28H28F3NO5. The summed E-state index contributed by atoms with van der Waals surface area (Å²) in [5.74, 6) is -0.831. The van der Waals surface area contributed by atoms with Crippen LogP contribution in [0.15, 0.2) is 71.9 Å². The van der Waals surface area contributed by atoms with Crippen molar-refractivity contribution < 1.29 is 37.4 Å². The minimum atomic E-state index is -4.44. The van der Waals surface area contributed by atoms with E-state index in [1.54, 1.807) is 6.21 Å². The molecule has 0 bridgehead atoms. The van der Waals surface area contributed by atoms with Gasteiger partial charge in [0.2, 0.25) is 0 Å². The first-order valence-corrected chi connectivity index (χ1v) is 11.5. The van der Waals surface area contributed by atoms with Crippen LogP contribution in [0.1, 0.15) is 53.4 Å². The monoisotopic (exact) mass is 515 g/mol. The Kier molecular flexibility index (Phi) is 8.81. The van der Waals surface area contributed by atoms with Gasteiger partial charge in [-0.1, -0.05) is 62.3 Å². The van der Waals surface area contributed by atoms with Crippen molar-refractivity contribution in [1.82, 2.24) is 0 Å². The maximum Gasteiger partial charge on any atom is 0.416 e. The van der Waals surface area contributed by atoms with Crippen LogP contribution in [-0.4, -0.2) is 30.5 Å². The molecule has 0 saturated heterocycles. The molecule has 0 heterocycles. The molecule has 0 aliphatic rings. The van der Waals surface area contributed by atoms with E-state index in [4.69, 9.17) is 14.3 Å². The number of halogens is 3. The van der Waals surface area contributed by atoms with Crippen LogP contribution in [0.2, 0.25) is 0 Å². The van der Waals surface area contributed by atoms with E-state index in [1.807, 2.05) is 24.3 Å². The Hall–Kier alpha value is -4.01. The second-order valence-electron chi connectivity index (χ2n) is 9.23. The summed E-state index contributed by atoms with van der Waals surface area (Å²) >= 11 is 0.